The Morgan fingerprint density at radius 1 is 1.31 bits per heavy atom. The fourth-order valence-electron chi connectivity index (χ4n) is 1.63. The van der Waals surface area contributed by atoms with Gasteiger partial charge in [-0.25, -0.2) is 4.68 Å². The van der Waals surface area contributed by atoms with Gasteiger partial charge >= 0.3 is 0 Å². The van der Waals surface area contributed by atoms with E-state index in [9.17, 15) is 0 Å². The molecule has 1 aromatic heterocycles. The summed E-state index contributed by atoms with van der Waals surface area (Å²) in [6.45, 7) is 2.53. The normalized spacial score (nSPS) is 10.4. The Balaban J connectivity index is 2.38. The molecule has 1 aromatic carbocycles. The topological polar surface area (TPSA) is 53.1 Å². The summed E-state index contributed by atoms with van der Waals surface area (Å²) in [5, 5.41) is 4.31. The number of nitrogens with two attached hydrogens (primary N) is 1. The second-order valence-corrected chi connectivity index (χ2v) is 3.57. The second kappa shape index (κ2) is 4.37. The fraction of sp³-hybridized carbons (Fsp3) is 0.250. The molecule has 0 saturated carbocycles. The summed E-state index contributed by atoms with van der Waals surface area (Å²) in [5.74, 6) is 0.840. The second-order valence-electron chi connectivity index (χ2n) is 3.57. The predicted molar refractivity (Wildman–Crippen MR) is 62.7 cm³/mol. The van der Waals surface area contributed by atoms with Crippen LogP contribution < -0.4 is 10.5 Å². The van der Waals surface area contributed by atoms with Crippen LogP contribution in [0.25, 0.3) is 5.69 Å². The zero-order valence-corrected chi connectivity index (χ0v) is 9.47. The van der Waals surface area contributed by atoms with Crippen molar-refractivity contribution in [3.05, 3.63) is 41.7 Å². The molecule has 1 heterocycles. The molecule has 2 rings (SSSR count). The van der Waals surface area contributed by atoms with Crippen molar-refractivity contribution in [1.82, 2.24) is 9.78 Å². The van der Waals surface area contributed by atoms with E-state index in [1.807, 2.05) is 35.9 Å². The van der Waals surface area contributed by atoms with E-state index in [1.165, 1.54) is 0 Å². The highest BCUT2D eigenvalue weighted by Gasteiger charge is 2.06. The van der Waals surface area contributed by atoms with Gasteiger partial charge in [0.05, 0.1) is 19.0 Å². The molecule has 0 fully saturated rings. The lowest BCUT2D eigenvalue weighted by molar-refractivity contribution is 0.414. The molecule has 0 aliphatic carbocycles. The van der Waals surface area contributed by atoms with E-state index in [2.05, 4.69) is 5.10 Å². The van der Waals surface area contributed by atoms with Crippen LogP contribution in [0.2, 0.25) is 0 Å². The number of rotatable bonds is 3. The lowest BCUT2D eigenvalue weighted by atomic mass is 10.2. The third-order valence-corrected chi connectivity index (χ3v) is 2.65. The van der Waals surface area contributed by atoms with Gasteiger partial charge in [-0.05, 0) is 31.2 Å². The summed E-state index contributed by atoms with van der Waals surface area (Å²) in [6.07, 6.45) is 1.81. The third-order valence-electron chi connectivity index (χ3n) is 2.65. The molecule has 0 amide bonds. The van der Waals surface area contributed by atoms with Crippen LogP contribution in [-0.4, -0.2) is 16.9 Å². The molecule has 0 aliphatic rings. The van der Waals surface area contributed by atoms with Crippen molar-refractivity contribution in [3.63, 3.8) is 0 Å². The van der Waals surface area contributed by atoms with Crippen molar-refractivity contribution < 1.29 is 4.74 Å². The highest BCUT2D eigenvalue weighted by atomic mass is 16.5. The van der Waals surface area contributed by atoms with Gasteiger partial charge in [-0.3, -0.25) is 0 Å². The molecule has 2 N–H and O–H groups in total. The van der Waals surface area contributed by atoms with Gasteiger partial charge in [-0.15, -0.1) is 0 Å². The predicted octanol–water partition coefficient (Wildman–Crippen LogP) is 1.65. The number of hydrogen-bond acceptors (Lipinski definition) is 3. The van der Waals surface area contributed by atoms with E-state index in [1.54, 1.807) is 13.3 Å². The molecule has 0 aliphatic heterocycles. The molecule has 0 bridgehead atoms. The summed E-state index contributed by atoms with van der Waals surface area (Å²) in [4.78, 5) is 0. The molecule has 84 valence electrons. The number of ether oxygens (including phenoxy) is 1. The Labute approximate surface area is 94.6 Å². The van der Waals surface area contributed by atoms with E-state index in [0.717, 1.165) is 22.7 Å². The van der Waals surface area contributed by atoms with Crippen LogP contribution in [0.4, 0.5) is 0 Å². The van der Waals surface area contributed by atoms with Gasteiger partial charge in [0.2, 0.25) is 0 Å². The maximum atomic E-state index is 5.61. The summed E-state index contributed by atoms with van der Waals surface area (Å²) in [6, 6.07) is 7.77. The van der Waals surface area contributed by atoms with Gasteiger partial charge in [0.15, 0.2) is 0 Å². The Morgan fingerprint density at radius 3 is 2.50 bits per heavy atom. The lowest BCUT2D eigenvalue weighted by Gasteiger charge is -2.06. The Kier molecular flexibility index (Phi) is 2.92. The number of benzene rings is 1. The molecule has 0 saturated heterocycles. The Bertz CT molecular complexity index is 474. The van der Waals surface area contributed by atoms with Crippen LogP contribution in [0.3, 0.4) is 0 Å². The molecular formula is C12H15N3O. The zero-order valence-electron chi connectivity index (χ0n) is 9.47. The Hall–Kier alpha value is -1.81. The minimum absolute atomic E-state index is 0.516. The minimum atomic E-state index is 0.516. The van der Waals surface area contributed by atoms with E-state index in [4.69, 9.17) is 10.5 Å². The first-order valence-corrected chi connectivity index (χ1v) is 5.14. The van der Waals surface area contributed by atoms with Gasteiger partial charge in [0, 0.05) is 17.8 Å². The van der Waals surface area contributed by atoms with Gasteiger partial charge < -0.3 is 10.5 Å². The quantitative estimate of drug-likeness (QED) is 0.850. The summed E-state index contributed by atoms with van der Waals surface area (Å²) >= 11 is 0. The molecule has 0 unspecified atom stereocenters. The smallest absolute Gasteiger partial charge is 0.119 e. The number of nitrogens with zero attached hydrogens (tertiary/aromatic N) is 2. The monoisotopic (exact) mass is 217 g/mol. The van der Waals surface area contributed by atoms with Crippen LogP contribution in [-0.2, 0) is 6.54 Å². The summed E-state index contributed by atoms with van der Waals surface area (Å²) in [5.41, 5.74) is 8.77. The first-order valence-electron chi connectivity index (χ1n) is 5.14. The first-order chi connectivity index (χ1) is 7.76. The number of methoxy groups -OCH3 is 1. The van der Waals surface area contributed by atoms with Gasteiger partial charge in [0.25, 0.3) is 0 Å². The highest BCUT2D eigenvalue weighted by Crippen LogP contribution is 2.17. The molecular weight excluding hydrogens is 202 g/mol. The van der Waals surface area contributed by atoms with Gasteiger partial charge in [-0.1, -0.05) is 0 Å². The standard InChI is InChI=1S/C12H15N3O/c1-9-10(7-13)8-14-15(9)11-3-5-12(16-2)6-4-11/h3-6,8H,7,13H2,1-2H3. The highest BCUT2D eigenvalue weighted by molar-refractivity contribution is 5.39. The molecule has 0 spiro atoms. The van der Waals surface area contributed by atoms with E-state index in [0.29, 0.717) is 6.54 Å². The van der Waals surface area contributed by atoms with Crippen LogP contribution in [0.5, 0.6) is 5.75 Å². The maximum Gasteiger partial charge on any atom is 0.119 e. The average Bonchev–Trinajstić information content (AvgIpc) is 2.70. The summed E-state index contributed by atoms with van der Waals surface area (Å²) in [7, 11) is 1.65. The van der Waals surface area contributed by atoms with Crippen molar-refractivity contribution in [2.24, 2.45) is 5.73 Å². The van der Waals surface area contributed by atoms with Crippen molar-refractivity contribution in [1.29, 1.82) is 0 Å². The third kappa shape index (κ3) is 1.79. The van der Waals surface area contributed by atoms with E-state index in [-0.39, 0.29) is 0 Å². The molecule has 2 aromatic rings. The Morgan fingerprint density at radius 2 is 2.00 bits per heavy atom. The first kappa shape index (κ1) is 10.7. The van der Waals surface area contributed by atoms with Crippen LogP contribution in [0.1, 0.15) is 11.3 Å². The summed E-state index contributed by atoms with van der Waals surface area (Å²) < 4.78 is 6.99. The molecule has 0 atom stereocenters. The molecule has 0 radical (unpaired) electrons. The largest absolute Gasteiger partial charge is 0.497 e. The van der Waals surface area contributed by atoms with Crippen LogP contribution in [0.15, 0.2) is 30.5 Å². The maximum absolute atomic E-state index is 5.61. The van der Waals surface area contributed by atoms with Gasteiger partial charge in [-0.2, -0.15) is 5.10 Å². The minimum Gasteiger partial charge on any atom is -0.497 e. The number of hydrogen-bond donors (Lipinski definition) is 1. The van der Waals surface area contributed by atoms with Crippen molar-refractivity contribution >= 4 is 0 Å². The lowest BCUT2D eigenvalue weighted by Crippen LogP contribution is -2.01. The van der Waals surface area contributed by atoms with Crippen LogP contribution in [0, 0.1) is 6.92 Å². The fourth-order valence-corrected chi connectivity index (χ4v) is 1.63. The molecule has 16 heavy (non-hydrogen) atoms. The van der Waals surface area contributed by atoms with Crippen molar-refractivity contribution in [2.45, 2.75) is 13.5 Å². The molecule has 4 heteroatoms. The SMILES string of the molecule is COc1ccc(-n2ncc(CN)c2C)cc1. The van der Waals surface area contributed by atoms with Gasteiger partial charge in [0.1, 0.15) is 5.75 Å². The van der Waals surface area contributed by atoms with Crippen LogP contribution >= 0.6 is 0 Å². The molecule has 4 nitrogen and oxygen atoms in total. The number of aromatic nitrogens is 2. The van der Waals surface area contributed by atoms with E-state index < -0.39 is 0 Å². The van der Waals surface area contributed by atoms with Crippen molar-refractivity contribution in [3.8, 4) is 11.4 Å². The zero-order chi connectivity index (χ0) is 11.5. The van der Waals surface area contributed by atoms with E-state index >= 15 is 0 Å². The van der Waals surface area contributed by atoms with Crippen molar-refractivity contribution in [2.75, 3.05) is 7.11 Å². The average molecular weight is 217 g/mol.